The Morgan fingerprint density at radius 1 is 1.30 bits per heavy atom. The minimum atomic E-state index is 0.564. The largest absolute Gasteiger partial charge is 0.361 e. The maximum absolute atomic E-state index is 5.23. The topological polar surface area (TPSA) is 36.4 Å². The number of fused-ring (bicyclic) bond motifs is 1. The molecule has 2 atom stereocenters. The van der Waals surface area contributed by atoms with E-state index in [2.05, 4.69) is 52.3 Å². The van der Waals surface area contributed by atoms with Gasteiger partial charge in [-0.05, 0) is 43.0 Å². The van der Waals surface area contributed by atoms with Crippen molar-refractivity contribution < 1.29 is 0 Å². The monoisotopic (exact) mass is 285 g/mol. The van der Waals surface area contributed by atoms with Crippen LogP contribution >= 0.6 is 12.2 Å². The maximum Gasteiger partial charge on any atom is 0.186 e. The summed E-state index contributed by atoms with van der Waals surface area (Å²) in [7, 11) is 0. The van der Waals surface area contributed by atoms with Crippen molar-refractivity contribution in [1.82, 2.24) is 10.7 Å². The molecule has 0 spiro atoms. The van der Waals surface area contributed by atoms with Gasteiger partial charge in [-0.2, -0.15) is 5.10 Å². The van der Waals surface area contributed by atoms with E-state index in [1.165, 1.54) is 17.7 Å². The Kier molecular flexibility index (Phi) is 4.11. The van der Waals surface area contributed by atoms with Gasteiger partial charge in [0, 0.05) is 18.2 Å². The number of nitrogens with zero attached hydrogens (tertiary/aromatic N) is 1. The summed E-state index contributed by atoms with van der Waals surface area (Å²) in [6, 6.07) is 10.4. The molecule has 2 aliphatic rings. The molecule has 0 heterocycles. The first kappa shape index (κ1) is 13.3. The molecule has 4 heteroatoms. The van der Waals surface area contributed by atoms with Crippen LogP contribution in [0.5, 0.6) is 0 Å². The van der Waals surface area contributed by atoms with Crippen molar-refractivity contribution in [1.29, 1.82) is 0 Å². The molecule has 1 aromatic rings. The first-order chi connectivity index (χ1) is 9.83. The highest BCUT2D eigenvalue weighted by Gasteiger charge is 2.37. The minimum absolute atomic E-state index is 0.564. The molecule has 2 N–H and O–H groups in total. The molecule has 104 valence electrons. The summed E-state index contributed by atoms with van der Waals surface area (Å²) in [6.07, 6.45) is 7.81. The minimum Gasteiger partial charge on any atom is -0.361 e. The smallest absolute Gasteiger partial charge is 0.186 e. The fourth-order valence-electron chi connectivity index (χ4n) is 2.79. The lowest BCUT2D eigenvalue weighted by molar-refractivity contribution is 0.444. The van der Waals surface area contributed by atoms with Crippen LogP contribution in [0.25, 0.3) is 0 Å². The summed E-state index contributed by atoms with van der Waals surface area (Å²) in [4.78, 5) is 0. The average molecular weight is 285 g/mol. The molecule has 1 fully saturated rings. The second-order valence-corrected chi connectivity index (χ2v) is 5.77. The molecule has 3 rings (SSSR count). The van der Waals surface area contributed by atoms with E-state index < -0.39 is 0 Å². The van der Waals surface area contributed by atoms with Crippen LogP contribution in [-0.2, 0) is 6.42 Å². The van der Waals surface area contributed by atoms with Crippen molar-refractivity contribution in [3.8, 4) is 0 Å². The van der Waals surface area contributed by atoms with E-state index in [0.717, 1.165) is 25.3 Å². The number of hydrazone groups is 1. The lowest BCUT2D eigenvalue weighted by Gasteiger charge is -2.31. The van der Waals surface area contributed by atoms with Crippen LogP contribution in [0.15, 0.2) is 47.6 Å². The molecule has 20 heavy (non-hydrogen) atoms. The second-order valence-electron chi connectivity index (χ2n) is 5.36. The normalized spacial score (nSPS) is 25.1. The van der Waals surface area contributed by atoms with Gasteiger partial charge in [0.25, 0.3) is 0 Å². The van der Waals surface area contributed by atoms with Gasteiger partial charge >= 0.3 is 0 Å². The van der Waals surface area contributed by atoms with Crippen LogP contribution in [0.1, 0.15) is 18.4 Å². The Balaban J connectivity index is 1.38. The zero-order chi connectivity index (χ0) is 13.8. The molecule has 3 nitrogen and oxygen atoms in total. The number of hydrogen-bond acceptors (Lipinski definition) is 2. The van der Waals surface area contributed by atoms with Gasteiger partial charge < -0.3 is 5.32 Å². The highest BCUT2D eigenvalue weighted by atomic mass is 32.1. The van der Waals surface area contributed by atoms with Crippen molar-refractivity contribution in [2.45, 2.75) is 19.3 Å². The summed E-state index contributed by atoms with van der Waals surface area (Å²) in [5.74, 6) is 1.37. The van der Waals surface area contributed by atoms with E-state index in [1.807, 2.05) is 6.07 Å². The Hall–Kier alpha value is -1.68. The molecule has 0 saturated heterocycles. The zero-order valence-corrected chi connectivity index (χ0v) is 12.2. The predicted octanol–water partition coefficient (Wildman–Crippen LogP) is 2.65. The van der Waals surface area contributed by atoms with Crippen molar-refractivity contribution in [3.05, 3.63) is 48.0 Å². The van der Waals surface area contributed by atoms with Crippen molar-refractivity contribution in [3.63, 3.8) is 0 Å². The van der Waals surface area contributed by atoms with E-state index in [9.17, 15) is 0 Å². The third-order valence-corrected chi connectivity index (χ3v) is 4.22. The van der Waals surface area contributed by atoms with Crippen molar-refractivity contribution in [2.75, 3.05) is 6.54 Å². The Morgan fingerprint density at radius 3 is 2.95 bits per heavy atom. The molecule has 0 aromatic heterocycles. The highest BCUT2D eigenvalue weighted by Crippen LogP contribution is 2.40. The SMILES string of the molecule is S=C(NCCc1ccccc1)N/N=C1/C[C@@H]2CC=C[C@H]12. The van der Waals surface area contributed by atoms with E-state index in [0.29, 0.717) is 11.0 Å². The molecule has 0 bridgehead atoms. The highest BCUT2D eigenvalue weighted by molar-refractivity contribution is 7.80. The first-order valence-electron chi connectivity index (χ1n) is 7.14. The molecule has 0 amide bonds. The van der Waals surface area contributed by atoms with E-state index in [4.69, 9.17) is 12.2 Å². The molecule has 0 unspecified atom stereocenters. The van der Waals surface area contributed by atoms with Crippen LogP contribution < -0.4 is 10.7 Å². The summed E-state index contributed by atoms with van der Waals surface area (Å²) >= 11 is 5.23. The number of benzene rings is 1. The van der Waals surface area contributed by atoms with Gasteiger partial charge in [0.1, 0.15) is 0 Å². The third kappa shape index (κ3) is 3.07. The Bertz CT molecular complexity index is 536. The van der Waals surface area contributed by atoms with Gasteiger partial charge in [-0.25, -0.2) is 0 Å². The lowest BCUT2D eigenvalue weighted by atomic mass is 9.74. The fraction of sp³-hybridized carbons (Fsp3) is 0.375. The van der Waals surface area contributed by atoms with Crippen LogP contribution in [0.4, 0.5) is 0 Å². The number of allylic oxidation sites excluding steroid dienone is 2. The van der Waals surface area contributed by atoms with Crippen LogP contribution in [-0.4, -0.2) is 17.4 Å². The van der Waals surface area contributed by atoms with Crippen LogP contribution in [0.3, 0.4) is 0 Å². The molecule has 1 saturated carbocycles. The molecular formula is C16H19N3S. The number of thiocarbonyl (C=S) groups is 1. The van der Waals surface area contributed by atoms with Crippen molar-refractivity contribution >= 4 is 23.0 Å². The second kappa shape index (κ2) is 6.18. The zero-order valence-electron chi connectivity index (χ0n) is 11.4. The van der Waals surface area contributed by atoms with Crippen LogP contribution in [0, 0.1) is 11.8 Å². The van der Waals surface area contributed by atoms with Gasteiger partial charge in [-0.15, -0.1) is 0 Å². The van der Waals surface area contributed by atoms with E-state index in [-0.39, 0.29) is 0 Å². The standard InChI is InChI=1S/C16H19N3S/c20-16(17-10-9-12-5-2-1-3-6-12)19-18-15-11-13-7-4-8-14(13)15/h1-6,8,13-14H,7,9-11H2,(H2,17,19,20)/b18-15-/t13-,14-/m0/s1. The molecule has 0 radical (unpaired) electrons. The predicted molar refractivity (Wildman–Crippen MR) is 86.7 cm³/mol. The fourth-order valence-corrected chi connectivity index (χ4v) is 2.94. The third-order valence-electron chi connectivity index (χ3n) is 3.99. The maximum atomic E-state index is 5.23. The van der Waals surface area contributed by atoms with E-state index in [1.54, 1.807) is 0 Å². The summed E-state index contributed by atoms with van der Waals surface area (Å²) in [5, 5.41) is 8.21. The summed E-state index contributed by atoms with van der Waals surface area (Å²) < 4.78 is 0. The van der Waals surface area contributed by atoms with Gasteiger partial charge in [-0.3, -0.25) is 5.43 Å². The quantitative estimate of drug-likeness (QED) is 0.507. The number of rotatable bonds is 4. The number of nitrogens with one attached hydrogen (secondary N) is 2. The lowest BCUT2D eigenvalue weighted by Crippen LogP contribution is -2.38. The van der Waals surface area contributed by atoms with Gasteiger partial charge in [0.2, 0.25) is 0 Å². The molecule has 2 aliphatic carbocycles. The Morgan fingerprint density at radius 2 is 2.15 bits per heavy atom. The van der Waals surface area contributed by atoms with Gasteiger partial charge in [0.05, 0.1) is 0 Å². The van der Waals surface area contributed by atoms with Gasteiger partial charge in [0.15, 0.2) is 5.11 Å². The van der Waals surface area contributed by atoms with E-state index >= 15 is 0 Å². The molecule has 1 aromatic carbocycles. The summed E-state index contributed by atoms with van der Waals surface area (Å²) in [6.45, 7) is 0.826. The molecule has 0 aliphatic heterocycles. The van der Waals surface area contributed by atoms with Gasteiger partial charge in [-0.1, -0.05) is 42.5 Å². The Labute approximate surface area is 125 Å². The average Bonchev–Trinajstić information content (AvgIpc) is 2.82. The van der Waals surface area contributed by atoms with Crippen molar-refractivity contribution in [2.24, 2.45) is 16.9 Å². The number of hydrogen-bond donors (Lipinski definition) is 2. The molecular weight excluding hydrogens is 266 g/mol. The first-order valence-corrected chi connectivity index (χ1v) is 7.54. The van der Waals surface area contributed by atoms with Crippen LogP contribution in [0.2, 0.25) is 0 Å². The summed E-state index contributed by atoms with van der Waals surface area (Å²) in [5.41, 5.74) is 5.50.